The van der Waals surface area contributed by atoms with Crippen molar-refractivity contribution in [1.82, 2.24) is 0 Å². The van der Waals surface area contributed by atoms with Gasteiger partial charge in [0.1, 0.15) is 17.3 Å². The van der Waals surface area contributed by atoms with E-state index in [1.807, 2.05) is 31.2 Å². The predicted molar refractivity (Wildman–Crippen MR) is 87.2 cm³/mol. The van der Waals surface area contributed by atoms with Gasteiger partial charge in [0.2, 0.25) is 0 Å². The van der Waals surface area contributed by atoms with Crippen molar-refractivity contribution in [2.75, 3.05) is 13.7 Å². The lowest BCUT2D eigenvalue weighted by Crippen LogP contribution is -2.04. The van der Waals surface area contributed by atoms with E-state index in [-0.39, 0.29) is 5.82 Å². The van der Waals surface area contributed by atoms with Crippen molar-refractivity contribution in [3.05, 3.63) is 59.4 Å². The number of rotatable bonds is 7. The molecule has 1 unspecified atom stereocenters. The van der Waals surface area contributed by atoms with Crippen LogP contribution in [-0.4, -0.2) is 13.7 Å². The van der Waals surface area contributed by atoms with E-state index in [0.29, 0.717) is 30.8 Å². The maximum Gasteiger partial charge on any atom is 0.123 e. The third-order valence-corrected chi connectivity index (χ3v) is 3.71. The van der Waals surface area contributed by atoms with E-state index in [0.717, 1.165) is 11.3 Å². The maximum absolute atomic E-state index is 13.4. The Kier molecular flexibility index (Phi) is 5.99. The van der Waals surface area contributed by atoms with Gasteiger partial charge < -0.3 is 9.47 Å². The van der Waals surface area contributed by atoms with E-state index in [1.165, 1.54) is 19.2 Å². The van der Waals surface area contributed by atoms with Crippen LogP contribution in [0, 0.1) is 24.1 Å². The average molecular weight is 313 g/mol. The quantitative estimate of drug-likeness (QED) is 0.701. The Balaban J connectivity index is 1.95. The highest BCUT2D eigenvalue weighted by Gasteiger charge is 2.16. The molecule has 0 aliphatic carbocycles. The molecule has 0 aliphatic heterocycles. The summed E-state index contributed by atoms with van der Waals surface area (Å²) in [7, 11) is 1.52. The van der Waals surface area contributed by atoms with Gasteiger partial charge in [0.15, 0.2) is 0 Å². The number of hydrogen-bond donors (Lipinski definition) is 0. The lowest BCUT2D eigenvalue weighted by atomic mass is 9.95. The summed E-state index contributed by atoms with van der Waals surface area (Å²) >= 11 is 0. The number of hydrogen-bond acceptors (Lipinski definition) is 3. The molecule has 0 spiro atoms. The van der Waals surface area contributed by atoms with Gasteiger partial charge >= 0.3 is 0 Å². The Labute approximate surface area is 136 Å². The molecule has 0 N–H and O–H groups in total. The summed E-state index contributed by atoms with van der Waals surface area (Å²) in [6.07, 6.45) is 1.29. The van der Waals surface area contributed by atoms with Crippen LogP contribution in [0.5, 0.6) is 11.5 Å². The number of halogens is 1. The van der Waals surface area contributed by atoms with Crippen molar-refractivity contribution < 1.29 is 13.9 Å². The third kappa shape index (κ3) is 4.46. The SMILES string of the molecule is COc1ccc(F)cc1C(C#N)CCCOc1ccccc1C. The number of ether oxygens (including phenoxy) is 2. The van der Waals surface area contributed by atoms with Gasteiger partial charge in [-0.3, -0.25) is 0 Å². The zero-order valence-corrected chi connectivity index (χ0v) is 13.4. The van der Waals surface area contributed by atoms with Crippen molar-refractivity contribution in [3.63, 3.8) is 0 Å². The number of para-hydroxylation sites is 1. The monoisotopic (exact) mass is 313 g/mol. The first kappa shape index (κ1) is 16.8. The number of benzene rings is 2. The van der Waals surface area contributed by atoms with Gasteiger partial charge in [0.05, 0.1) is 25.7 Å². The van der Waals surface area contributed by atoms with Gasteiger partial charge in [-0.25, -0.2) is 4.39 Å². The van der Waals surface area contributed by atoms with Crippen LogP contribution in [0.15, 0.2) is 42.5 Å². The summed E-state index contributed by atoms with van der Waals surface area (Å²) in [6.45, 7) is 2.51. The van der Waals surface area contributed by atoms with E-state index in [9.17, 15) is 9.65 Å². The molecule has 2 rings (SSSR count). The van der Waals surface area contributed by atoms with Gasteiger partial charge in [-0.2, -0.15) is 5.26 Å². The van der Waals surface area contributed by atoms with Gasteiger partial charge in [0, 0.05) is 5.56 Å². The van der Waals surface area contributed by atoms with Crippen LogP contribution in [0.4, 0.5) is 4.39 Å². The van der Waals surface area contributed by atoms with Gasteiger partial charge in [-0.15, -0.1) is 0 Å². The summed E-state index contributed by atoms with van der Waals surface area (Å²) in [5.41, 5.74) is 1.67. The Morgan fingerprint density at radius 3 is 2.65 bits per heavy atom. The minimum absolute atomic E-state index is 0.364. The second-order valence-electron chi connectivity index (χ2n) is 5.32. The van der Waals surface area contributed by atoms with Crippen molar-refractivity contribution >= 4 is 0 Å². The highest BCUT2D eigenvalue weighted by atomic mass is 19.1. The Morgan fingerprint density at radius 1 is 1.17 bits per heavy atom. The largest absolute Gasteiger partial charge is 0.496 e. The Hall–Kier alpha value is -2.54. The van der Waals surface area contributed by atoms with Crippen molar-refractivity contribution in [1.29, 1.82) is 5.26 Å². The smallest absolute Gasteiger partial charge is 0.123 e. The molecule has 3 nitrogen and oxygen atoms in total. The molecule has 0 saturated carbocycles. The number of methoxy groups -OCH3 is 1. The number of nitrogens with zero attached hydrogens (tertiary/aromatic N) is 1. The van der Waals surface area contributed by atoms with Crippen molar-refractivity contribution in [2.45, 2.75) is 25.7 Å². The van der Waals surface area contributed by atoms with E-state index >= 15 is 0 Å². The molecule has 0 aromatic heterocycles. The fourth-order valence-corrected chi connectivity index (χ4v) is 2.46. The first-order chi connectivity index (χ1) is 11.2. The molecule has 0 bridgehead atoms. The molecule has 120 valence electrons. The second kappa shape index (κ2) is 8.19. The van der Waals surface area contributed by atoms with Crippen LogP contribution >= 0.6 is 0 Å². The van der Waals surface area contributed by atoms with Gasteiger partial charge in [0.25, 0.3) is 0 Å². The molecular formula is C19H20FNO2. The summed E-state index contributed by atoms with van der Waals surface area (Å²) in [4.78, 5) is 0. The third-order valence-electron chi connectivity index (χ3n) is 3.71. The van der Waals surface area contributed by atoms with Crippen LogP contribution in [-0.2, 0) is 0 Å². The van der Waals surface area contributed by atoms with E-state index in [2.05, 4.69) is 6.07 Å². The maximum atomic E-state index is 13.4. The van der Waals surface area contributed by atoms with Crippen LogP contribution in [0.2, 0.25) is 0 Å². The lowest BCUT2D eigenvalue weighted by molar-refractivity contribution is 0.302. The van der Waals surface area contributed by atoms with Crippen LogP contribution in [0.3, 0.4) is 0 Å². The highest BCUT2D eigenvalue weighted by Crippen LogP contribution is 2.30. The fraction of sp³-hybridized carbons (Fsp3) is 0.316. The molecule has 2 aromatic carbocycles. The zero-order valence-electron chi connectivity index (χ0n) is 13.4. The highest BCUT2D eigenvalue weighted by molar-refractivity contribution is 5.39. The molecule has 0 heterocycles. The van der Waals surface area contributed by atoms with Crippen LogP contribution < -0.4 is 9.47 Å². The van der Waals surface area contributed by atoms with Gasteiger partial charge in [-0.05, 0) is 49.6 Å². The average Bonchev–Trinajstić information content (AvgIpc) is 2.56. The molecule has 0 aliphatic rings. The lowest BCUT2D eigenvalue weighted by Gasteiger charge is -2.14. The summed E-state index contributed by atoms with van der Waals surface area (Å²) < 4.78 is 24.4. The molecule has 0 saturated heterocycles. The standard InChI is InChI=1S/C19H20FNO2/c1-14-6-3-4-8-18(14)23-11-5-7-15(13-21)17-12-16(20)9-10-19(17)22-2/h3-4,6,8-10,12,15H,5,7,11H2,1-2H3. The summed E-state index contributed by atoms with van der Waals surface area (Å²) in [5.74, 6) is 0.612. The fourth-order valence-electron chi connectivity index (χ4n) is 2.46. The topological polar surface area (TPSA) is 42.2 Å². The summed E-state index contributed by atoms with van der Waals surface area (Å²) in [6, 6.07) is 14.3. The normalized spacial score (nSPS) is 11.6. The minimum atomic E-state index is -0.416. The Morgan fingerprint density at radius 2 is 1.96 bits per heavy atom. The number of aryl methyl sites for hydroxylation is 1. The molecule has 2 aromatic rings. The second-order valence-corrected chi connectivity index (χ2v) is 5.32. The molecule has 1 atom stereocenters. The predicted octanol–water partition coefficient (Wildman–Crippen LogP) is 4.61. The molecule has 0 radical (unpaired) electrons. The van der Waals surface area contributed by atoms with E-state index < -0.39 is 5.92 Å². The van der Waals surface area contributed by atoms with E-state index in [4.69, 9.17) is 9.47 Å². The first-order valence-electron chi connectivity index (χ1n) is 7.57. The van der Waals surface area contributed by atoms with Crippen LogP contribution in [0.25, 0.3) is 0 Å². The van der Waals surface area contributed by atoms with E-state index in [1.54, 1.807) is 6.07 Å². The van der Waals surface area contributed by atoms with Crippen molar-refractivity contribution in [2.24, 2.45) is 0 Å². The van der Waals surface area contributed by atoms with Crippen LogP contribution in [0.1, 0.15) is 29.9 Å². The molecule has 23 heavy (non-hydrogen) atoms. The zero-order chi connectivity index (χ0) is 16.7. The Bertz CT molecular complexity index is 694. The molecular weight excluding hydrogens is 293 g/mol. The number of nitriles is 1. The molecule has 4 heteroatoms. The first-order valence-corrected chi connectivity index (χ1v) is 7.57. The van der Waals surface area contributed by atoms with Crippen molar-refractivity contribution in [3.8, 4) is 17.6 Å². The molecule has 0 amide bonds. The minimum Gasteiger partial charge on any atom is -0.496 e. The summed E-state index contributed by atoms with van der Waals surface area (Å²) in [5, 5.41) is 9.38. The van der Waals surface area contributed by atoms with Gasteiger partial charge in [-0.1, -0.05) is 18.2 Å². The molecule has 0 fully saturated rings.